The average molecular weight is 198 g/mol. The van der Waals surface area contributed by atoms with Crippen molar-refractivity contribution >= 4 is 0 Å². The number of hydrogen-bond acceptors (Lipinski definition) is 2. The van der Waals surface area contributed by atoms with Crippen molar-refractivity contribution < 1.29 is 0 Å². The van der Waals surface area contributed by atoms with Gasteiger partial charge in [-0.3, -0.25) is 0 Å². The summed E-state index contributed by atoms with van der Waals surface area (Å²) in [5.41, 5.74) is 5.68. The summed E-state index contributed by atoms with van der Waals surface area (Å²) in [5, 5.41) is 0. The smallest absolute Gasteiger partial charge is 0.00952 e. The monoisotopic (exact) mass is 198 g/mol. The maximum Gasteiger partial charge on any atom is 0.00952 e. The lowest BCUT2D eigenvalue weighted by Gasteiger charge is -2.37. The highest BCUT2D eigenvalue weighted by atomic mass is 15.2. The Morgan fingerprint density at radius 1 is 1.43 bits per heavy atom. The predicted molar refractivity (Wildman–Crippen MR) is 62.3 cm³/mol. The minimum absolute atomic E-state index is 0.660. The molecule has 2 atom stereocenters. The quantitative estimate of drug-likeness (QED) is 0.734. The summed E-state index contributed by atoms with van der Waals surface area (Å²) in [6, 6.07) is 0.850. The molecule has 84 valence electrons. The zero-order valence-corrected chi connectivity index (χ0v) is 9.84. The van der Waals surface area contributed by atoms with Crippen LogP contribution in [0.15, 0.2) is 0 Å². The van der Waals surface area contributed by atoms with Crippen molar-refractivity contribution in [3.05, 3.63) is 0 Å². The van der Waals surface area contributed by atoms with Crippen LogP contribution in [0.25, 0.3) is 0 Å². The standard InChI is InChI=1S/C12H26N2/c1-3-6-12-7-4-5-8-14(12)10-11(2)9-13/h11-12H,3-10,13H2,1-2H3. The number of hydrogen-bond donors (Lipinski definition) is 1. The van der Waals surface area contributed by atoms with Gasteiger partial charge in [0.1, 0.15) is 0 Å². The van der Waals surface area contributed by atoms with Crippen LogP contribution in [0.4, 0.5) is 0 Å². The molecule has 1 saturated heterocycles. The van der Waals surface area contributed by atoms with Gasteiger partial charge in [0.25, 0.3) is 0 Å². The molecule has 2 N–H and O–H groups in total. The highest BCUT2D eigenvalue weighted by Gasteiger charge is 2.22. The Kier molecular flexibility index (Phi) is 5.49. The summed E-state index contributed by atoms with van der Waals surface area (Å²) >= 11 is 0. The summed E-state index contributed by atoms with van der Waals surface area (Å²) in [5.74, 6) is 0.660. The summed E-state index contributed by atoms with van der Waals surface area (Å²) in [4.78, 5) is 2.67. The van der Waals surface area contributed by atoms with Gasteiger partial charge in [0, 0.05) is 12.6 Å². The lowest BCUT2D eigenvalue weighted by molar-refractivity contribution is 0.122. The van der Waals surface area contributed by atoms with Crippen LogP contribution in [-0.4, -0.2) is 30.6 Å². The van der Waals surface area contributed by atoms with Gasteiger partial charge in [-0.2, -0.15) is 0 Å². The molecule has 1 rings (SSSR count). The zero-order chi connectivity index (χ0) is 10.4. The third-order valence-electron chi connectivity index (χ3n) is 3.32. The van der Waals surface area contributed by atoms with E-state index in [2.05, 4.69) is 18.7 Å². The van der Waals surface area contributed by atoms with Crippen molar-refractivity contribution in [2.45, 2.75) is 52.0 Å². The second-order valence-electron chi connectivity index (χ2n) is 4.77. The molecule has 0 amide bonds. The van der Waals surface area contributed by atoms with Gasteiger partial charge in [-0.05, 0) is 38.3 Å². The van der Waals surface area contributed by atoms with Crippen molar-refractivity contribution in [3.8, 4) is 0 Å². The number of nitrogens with two attached hydrogens (primary N) is 1. The Morgan fingerprint density at radius 3 is 2.86 bits per heavy atom. The van der Waals surface area contributed by atoms with Gasteiger partial charge in [-0.25, -0.2) is 0 Å². The van der Waals surface area contributed by atoms with E-state index < -0.39 is 0 Å². The van der Waals surface area contributed by atoms with Crippen LogP contribution < -0.4 is 5.73 Å². The van der Waals surface area contributed by atoms with E-state index in [1.54, 1.807) is 0 Å². The molecular formula is C12H26N2. The van der Waals surface area contributed by atoms with Crippen LogP contribution in [-0.2, 0) is 0 Å². The van der Waals surface area contributed by atoms with E-state index >= 15 is 0 Å². The first-order valence-corrected chi connectivity index (χ1v) is 6.22. The Labute approximate surface area is 88.8 Å². The SMILES string of the molecule is CCCC1CCCCN1CC(C)CN. The highest BCUT2D eigenvalue weighted by molar-refractivity contribution is 4.77. The van der Waals surface area contributed by atoms with E-state index in [9.17, 15) is 0 Å². The fourth-order valence-electron chi connectivity index (χ4n) is 2.44. The summed E-state index contributed by atoms with van der Waals surface area (Å²) < 4.78 is 0. The minimum Gasteiger partial charge on any atom is -0.330 e. The van der Waals surface area contributed by atoms with Gasteiger partial charge in [0.05, 0.1) is 0 Å². The fraction of sp³-hybridized carbons (Fsp3) is 1.00. The lowest BCUT2D eigenvalue weighted by atomic mass is 9.97. The van der Waals surface area contributed by atoms with Gasteiger partial charge >= 0.3 is 0 Å². The van der Waals surface area contributed by atoms with E-state index in [-0.39, 0.29) is 0 Å². The molecule has 1 aliphatic rings. The molecule has 1 aliphatic heterocycles. The molecule has 2 heteroatoms. The highest BCUT2D eigenvalue weighted by Crippen LogP contribution is 2.21. The Hall–Kier alpha value is -0.0800. The molecule has 1 heterocycles. The van der Waals surface area contributed by atoms with Crippen molar-refractivity contribution in [1.29, 1.82) is 0 Å². The van der Waals surface area contributed by atoms with Crippen LogP contribution in [0.2, 0.25) is 0 Å². The summed E-state index contributed by atoms with van der Waals surface area (Å²) in [7, 11) is 0. The normalized spacial score (nSPS) is 26.4. The molecule has 0 bridgehead atoms. The lowest BCUT2D eigenvalue weighted by Crippen LogP contribution is -2.42. The molecule has 0 aromatic carbocycles. The predicted octanol–water partition coefficient (Wildman–Crippen LogP) is 2.24. The molecule has 0 spiro atoms. The van der Waals surface area contributed by atoms with Gasteiger partial charge in [-0.15, -0.1) is 0 Å². The van der Waals surface area contributed by atoms with E-state index in [4.69, 9.17) is 5.73 Å². The van der Waals surface area contributed by atoms with E-state index in [0.717, 1.165) is 12.6 Å². The first-order valence-electron chi connectivity index (χ1n) is 6.22. The number of likely N-dealkylation sites (tertiary alicyclic amines) is 1. The Balaban J connectivity index is 2.37. The second kappa shape index (κ2) is 6.41. The molecule has 0 aromatic heterocycles. The van der Waals surface area contributed by atoms with Crippen molar-refractivity contribution in [1.82, 2.24) is 4.90 Å². The van der Waals surface area contributed by atoms with Gasteiger partial charge in [0.15, 0.2) is 0 Å². The largest absolute Gasteiger partial charge is 0.330 e. The molecular weight excluding hydrogens is 172 g/mol. The first kappa shape index (κ1) is 12.0. The molecule has 0 radical (unpaired) electrons. The zero-order valence-electron chi connectivity index (χ0n) is 9.84. The van der Waals surface area contributed by atoms with Crippen molar-refractivity contribution in [2.75, 3.05) is 19.6 Å². The molecule has 0 saturated carbocycles. The molecule has 0 aliphatic carbocycles. The maximum atomic E-state index is 5.68. The molecule has 14 heavy (non-hydrogen) atoms. The van der Waals surface area contributed by atoms with Crippen LogP contribution in [0.1, 0.15) is 46.0 Å². The van der Waals surface area contributed by atoms with Crippen LogP contribution in [0, 0.1) is 5.92 Å². The Bertz CT molecular complexity index is 145. The molecule has 0 aromatic rings. The van der Waals surface area contributed by atoms with Crippen LogP contribution in [0.3, 0.4) is 0 Å². The molecule has 2 unspecified atom stereocenters. The van der Waals surface area contributed by atoms with Crippen LogP contribution >= 0.6 is 0 Å². The third-order valence-corrected chi connectivity index (χ3v) is 3.32. The topological polar surface area (TPSA) is 29.3 Å². The van der Waals surface area contributed by atoms with Gasteiger partial charge < -0.3 is 10.6 Å². The third kappa shape index (κ3) is 3.58. The molecule has 1 fully saturated rings. The maximum absolute atomic E-state index is 5.68. The number of piperidine rings is 1. The van der Waals surface area contributed by atoms with Crippen molar-refractivity contribution in [2.24, 2.45) is 11.7 Å². The average Bonchev–Trinajstić information content (AvgIpc) is 2.21. The van der Waals surface area contributed by atoms with E-state index in [0.29, 0.717) is 5.92 Å². The van der Waals surface area contributed by atoms with E-state index in [1.807, 2.05) is 0 Å². The molecule has 2 nitrogen and oxygen atoms in total. The minimum atomic E-state index is 0.660. The van der Waals surface area contributed by atoms with Gasteiger partial charge in [0.2, 0.25) is 0 Å². The van der Waals surface area contributed by atoms with E-state index in [1.165, 1.54) is 45.2 Å². The Morgan fingerprint density at radius 2 is 2.21 bits per heavy atom. The van der Waals surface area contributed by atoms with Crippen molar-refractivity contribution in [3.63, 3.8) is 0 Å². The fourth-order valence-corrected chi connectivity index (χ4v) is 2.44. The summed E-state index contributed by atoms with van der Waals surface area (Å²) in [6.45, 7) is 7.89. The number of nitrogens with zero attached hydrogens (tertiary/aromatic N) is 1. The first-order chi connectivity index (χ1) is 6.77. The van der Waals surface area contributed by atoms with Crippen LogP contribution in [0.5, 0.6) is 0 Å². The number of rotatable bonds is 5. The second-order valence-corrected chi connectivity index (χ2v) is 4.77. The van der Waals surface area contributed by atoms with Gasteiger partial charge in [-0.1, -0.05) is 26.7 Å². The summed E-state index contributed by atoms with van der Waals surface area (Å²) in [6.07, 6.45) is 6.91.